The van der Waals surface area contributed by atoms with E-state index in [1.807, 2.05) is 61.2 Å². The third-order valence-electron chi connectivity index (χ3n) is 5.56. The molecule has 2 amide bonds. The minimum atomic E-state index is -0.234. The van der Waals surface area contributed by atoms with Crippen LogP contribution in [0.3, 0.4) is 0 Å². The lowest BCUT2D eigenvalue weighted by Gasteiger charge is -2.37. The molecule has 4 rings (SSSR count). The Hall–Kier alpha value is -3.35. The average molecular weight is 406 g/mol. The van der Waals surface area contributed by atoms with E-state index >= 15 is 0 Å². The van der Waals surface area contributed by atoms with Crippen LogP contribution in [0, 0.1) is 0 Å². The number of methoxy groups -OCH3 is 1. The first kappa shape index (κ1) is 19.9. The Morgan fingerprint density at radius 2 is 1.57 bits per heavy atom. The lowest BCUT2D eigenvalue weighted by Crippen LogP contribution is -2.48. The predicted octanol–water partition coefficient (Wildman–Crippen LogP) is 2.40. The van der Waals surface area contributed by atoms with Gasteiger partial charge in [0, 0.05) is 38.4 Å². The first-order chi connectivity index (χ1) is 14.5. The van der Waals surface area contributed by atoms with Crippen molar-refractivity contribution < 1.29 is 14.3 Å². The molecule has 30 heavy (non-hydrogen) atoms. The van der Waals surface area contributed by atoms with Gasteiger partial charge in [0.1, 0.15) is 17.3 Å². The molecular weight excluding hydrogens is 380 g/mol. The smallest absolute Gasteiger partial charge is 0.278 e. The molecule has 0 bridgehead atoms. The predicted molar refractivity (Wildman–Crippen MR) is 115 cm³/mol. The Bertz CT molecular complexity index is 962. The van der Waals surface area contributed by atoms with Crippen LogP contribution in [-0.2, 0) is 9.59 Å². The second kappa shape index (κ2) is 8.18. The second-order valence-electron chi connectivity index (χ2n) is 7.69. The summed E-state index contributed by atoms with van der Waals surface area (Å²) in [5.41, 5.74) is 1.71. The van der Waals surface area contributed by atoms with Crippen molar-refractivity contribution in [3.63, 3.8) is 0 Å². The number of ether oxygens (including phenoxy) is 1. The maximum atomic E-state index is 13.3. The first-order valence-electron chi connectivity index (χ1n) is 10.2. The highest BCUT2D eigenvalue weighted by Gasteiger charge is 2.43. The topological polar surface area (TPSA) is 66.0 Å². The van der Waals surface area contributed by atoms with Gasteiger partial charge in [0.2, 0.25) is 0 Å². The number of amides is 2. The summed E-state index contributed by atoms with van der Waals surface area (Å²) in [6.45, 7) is 6.50. The van der Waals surface area contributed by atoms with Gasteiger partial charge in [-0.25, -0.2) is 4.98 Å². The largest absolute Gasteiger partial charge is 0.497 e. The summed E-state index contributed by atoms with van der Waals surface area (Å²) < 4.78 is 5.24. The van der Waals surface area contributed by atoms with Crippen molar-refractivity contribution in [2.45, 2.75) is 19.9 Å². The Kier molecular flexibility index (Phi) is 5.44. The maximum absolute atomic E-state index is 13.3. The van der Waals surface area contributed by atoms with E-state index in [0.29, 0.717) is 30.1 Å². The number of nitrogens with zero attached hydrogens (tertiary/aromatic N) is 4. The van der Waals surface area contributed by atoms with Crippen LogP contribution >= 0.6 is 0 Å². The Morgan fingerprint density at radius 3 is 2.13 bits per heavy atom. The fourth-order valence-corrected chi connectivity index (χ4v) is 4.02. The van der Waals surface area contributed by atoms with Crippen molar-refractivity contribution >= 4 is 23.2 Å². The van der Waals surface area contributed by atoms with Crippen LogP contribution in [0.2, 0.25) is 0 Å². The minimum absolute atomic E-state index is 0.203. The third-order valence-corrected chi connectivity index (χ3v) is 5.56. The van der Waals surface area contributed by atoms with E-state index in [2.05, 4.69) is 9.88 Å². The molecule has 0 N–H and O–H groups in total. The fraction of sp³-hybridized carbons (Fsp3) is 0.348. The molecule has 7 nitrogen and oxygen atoms in total. The quantitative estimate of drug-likeness (QED) is 0.711. The summed E-state index contributed by atoms with van der Waals surface area (Å²) in [6, 6.07) is 13.0. The summed E-state index contributed by atoms with van der Waals surface area (Å²) in [5.74, 6) is 1.19. The van der Waals surface area contributed by atoms with Gasteiger partial charge >= 0.3 is 0 Å². The molecule has 2 aliphatic rings. The van der Waals surface area contributed by atoms with Crippen molar-refractivity contribution in [2.24, 2.45) is 0 Å². The van der Waals surface area contributed by atoms with Gasteiger partial charge in [0.15, 0.2) is 0 Å². The minimum Gasteiger partial charge on any atom is -0.497 e. The van der Waals surface area contributed by atoms with Gasteiger partial charge in [-0.05, 0) is 43.7 Å². The summed E-state index contributed by atoms with van der Waals surface area (Å²) in [4.78, 5) is 36.5. The molecule has 156 valence electrons. The fourth-order valence-electron chi connectivity index (χ4n) is 4.02. The summed E-state index contributed by atoms with van der Waals surface area (Å²) in [7, 11) is 1.60. The average Bonchev–Trinajstić information content (AvgIpc) is 3.04. The van der Waals surface area contributed by atoms with Gasteiger partial charge in [-0.3, -0.25) is 14.5 Å². The molecular formula is C23H26N4O3. The first-order valence-corrected chi connectivity index (χ1v) is 10.2. The Labute approximate surface area is 176 Å². The highest BCUT2D eigenvalue weighted by molar-refractivity contribution is 6.35. The number of piperazine rings is 1. The van der Waals surface area contributed by atoms with Crippen LogP contribution in [0.5, 0.6) is 5.75 Å². The molecule has 2 aliphatic heterocycles. The van der Waals surface area contributed by atoms with E-state index in [0.717, 1.165) is 24.5 Å². The lowest BCUT2D eigenvalue weighted by molar-refractivity contribution is -0.139. The number of pyridine rings is 1. The molecule has 1 aromatic carbocycles. The Morgan fingerprint density at radius 1 is 0.900 bits per heavy atom. The number of anilines is 1. The number of hydrogen-bond donors (Lipinski definition) is 0. The molecule has 0 saturated carbocycles. The molecule has 1 aromatic heterocycles. The van der Waals surface area contributed by atoms with Crippen LogP contribution in [0.1, 0.15) is 19.4 Å². The van der Waals surface area contributed by atoms with Crippen molar-refractivity contribution in [3.8, 4) is 5.75 Å². The third kappa shape index (κ3) is 3.51. The summed E-state index contributed by atoms with van der Waals surface area (Å²) in [5, 5.41) is 0. The molecule has 0 unspecified atom stereocenters. The van der Waals surface area contributed by atoms with Gasteiger partial charge in [-0.2, -0.15) is 0 Å². The van der Waals surface area contributed by atoms with Gasteiger partial charge < -0.3 is 14.5 Å². The normalized spacial score (nSPS) is 17.4. The highest BCUT2D eigenvalue weighted by Crippen LogP contribution is 2.34. The number of hydrogen-bond acceptors (Lipinski definition) is 6. The molecule has 7 heteroatoms. The van der Waals surface area contributed by atoms with Crippen LogP contribution in [0.4, 0.5) is 5.82 Å². The van der Waals surface area contributed by atoms with E-state index < -0.39 is 0 Å². The molecule has 2 aromatic rings. The second-order valence-corrected chi connectivity index (χ2v) is 7.69. The van der Waals surface area contributed by atoms with Crippen LogP contribution in [0.15, 0.2) is 54.4 Å². The van der Waals surface area contributed by atoms with Crippen molar-refractivity contribution in [2.75, 3.05) is 38.2 Å². The Balaban J connectivity index is 1.65. The zero-order chi connectivity index (χ0) is 21.3. The van der Waals surface area contributed by atoms with E-state index in [4.69, 9.17) is 4.74 Å². The number of rotatable bonds is 5. The van der Waals surface area contributed by atoms with Crippen molar-refractivity contribution in [3.05, 3.63) is 59.9 Å². The molecule has 1 fully saturated rings. The molecule has 1 saturated heterocycles. The highest BCUT2D eigenvalue weighted by atomic mass is 16.5. The molecule has 0 atom stereocenters. The van der Waals surface area contributed by atoms with Crippen LogP contribution in [-0.4, -0.2) is 65.9 Å². The zero-order valence-corrected chi connectivity index (χ0v) is 17.5. The SMILES string of the molecule is COc1ccc(C2=C(N3CCN(c4ccccn4)CC3)C(=O)N(C(C)C)C2=O)cc1. The zero-order valence-electron chi connectivity index (χ0n) is 17.5. The van der Waals surface area contributed by atoms with Crippen LogP contribution < -0.4 is 9.64 Å². The summed E-state index contributed by atoms with van der Waals surface area (Å²) in [6.07, 6.45) is 1.78. The monoisotopic (exact) mass is 406 g/mol. The van der Waals surface area contributed by atoms with Crippen LogP contribution in [0.25, 0.3) is 5.57 Å². The molecule has 3 heterocycles. The van der Waals surface area contributed by atoms with E-state index in [-0.39, 0.29) is 17.9 Å². The molecule has 0 aliphatic carbocycles. The number of benzene rings is 1. The van der Waals surface area contributed by atoms with Gasteiger partial charge in [0.25, 0.3) is 11.8 Å². The van der Waals surface area contributed by atoms with Crippen molar-refractivity contribution in [1.29, 1.82) is 0 Å². The maximum Gasteiger partial charge on any atom is 0.278 e. The number of aromatic nitrogens is 1. The number of carbonyl (C=O) groups excluding carboxylic acids is 2. The van der Waals surface area contributed by atoms with Gasteiger partial charge in [0.05, 0.1) is 12.7 Å². The van der Waals surface area contributed by atoms with Gasteiger partial charge in [-0.15, -0.1) is 0 Å². The molecule has 0 spiro atoms. The molecule has 0 radical (unpaired) electrons. The van der Waals surface area contributed by atoms with E-state index in [1.165, 1.54) is 4.90 Å². The van der Waals surface area contributed by atoms with E-state index in [9.17, 15) is 9.59 Å². The lowest BCUT2D eigenvalue weighted by atomic mass is 10.0. The van der Waals surface area contributed by atoms with Crippen molar-refractivity contribution in [1.82, 2.24) is 14.8 Å². The summed E-state index contributed by atoms with van der Waals surface area (Å²) >= 11 is 0. The number of carbonyl (C=O) groups is 2. The standard InChI is InChI=1S/C23H26N4O3/c1-16(2)27-22(28)20(17-7-9-18(30-3)10-8-17)21(23(27)29)26-14-12-25(13-15-26)19-6-4-5-11-24-19/h4-11,16H,12-15H2,1-3H3. The van der Waals surface area contributed by atoms with E-state index in [1.54, 1.807) is 13.3 Å². The van der Waals surface area contributed by atoms with Gasteiger partial charge in [-0.1, -0.05) is 18.2 Å². The number of imide groups is 1.